The second kappa shape index (κ2) is 6.33. The summed E-state index contributed by atoms with van der Waals surface area (Å²) in [6, 6.07) is 12.7. The zero-order valence-electron chi connectivity index (χ0n) is 12.7. The number of carbonyl (C=O) groups excluding carboxylic acids is 1. The molecule has 1 heterocycles. The molecule has 0 fully saturated rings. The van der Waals surface area contributed by atoms with E-state index < -0.39 is 16.9 Å². The Bertz CT molecular complexity index is 902. The highest BCUT2D eigenvalue weighted by molar-refractivity contribution is 6.31. The van der Waals surface area contributed by atoms with Crippen molar-refractivity contribution in [1.29, 1.82) is 0 Å². The number of hydrogen-bond donors (Lipinski definition) is 1. The van der Waals surface area contributed by atoms with Crippen LogP contribution < -0.4 is 5.32 Å². The number of para-hydroxylation sites is 1. The molecular formula is C17H13ClN2O4. The van der Waals surface area contributed by atoms with Gasteiger partial charge in [0.2, 0.25) is 0 Å². The average molecular weight is 345 g/mol. The van der Waals surface area contributed by atoms with Crippen LogP contribution in [-0.4, -0.2) is 10.8 Å². The minimum atomic E-state index is -0.614. The molecule has 3 rings (SSSR count). The van der Waals surface area contributed by atoms with E-state index >= 15 is 0 Å². The van der Waals surface area contributed by atoms with Crippen molar-refractivity contribution < 1.29 is 14.1 Å². The SMILES string of the molecule is CC(NC(=O)c1cc(Cl)ccc1[N+](=O)[O-])c1cc2ccccc2o1. The molecule has 0 saturated heterocycles. The first-order valence-electron chi connectivity index (χ1n) is 7.19. The topological polar surface area (TPSA) is 85.4 Å². The molecule has 0 spiro atoms. The summed E-state index contributed by atoms with van der Waals surface area (Å²) in [4.78, 5) is 22.9. The maximum absolute atomic E-state index is 12.4. The van der Waals surface area contributed by atoms with Crippen LogP contribution in [0.1, 0.15) is 29.1 Å². The summed E-state index contributed by atoms with van der Waals surface area (Å²) in [6.45, 7) is 1.74. The van der Waals surface area contributed by atoms with Gasteiger partial charge in [0.1, 0.15) is 16.9 Å². The summed E-state index contributed by atoms with van der Waals surface area (Å²) in [5.41, 5.74) is 0.325. The minimum absolute atomic E-state index is 0.0875. The quantitative estimate of drug-likeness (QED) is 0.558. The van der Waals surface area contributed by atoms with Gasteiger partial charge in [-0.3, -0.25) is 14.9 Å². The summed E-state index contributed by atoms with van der Waals surface area (Å²) in [5.74, 6) is -0.0219. The number of benzene rings is 2. The summed E-state index contributed by atoms with van der Waals surface area (Å²) < 4.78 is 5.69. The third-order valence-corrected chi connectivity index (χ3v) is 3.85. The van der Waals surface area contributed by atoms with E-state index in [0.717, 1.165) is 5.39 Å². The molecule has 0 radical (unpaired) electrons. The molecule has 24 heavy (non-hydrogen) atoms. The zero-order valence-corrected chi connectivity index (χ0v) is 13.4. The Balaban J connectivity index is 1.86. The lowest BCUT2D eigenvalue weighted by atomic mass is 10.1. The number of amides is 1. The molecule has 1 N–H and O–H groups in total. The number of hydrogen-bond acceptors (Lipinski definition) is 4. The van der Waals surface area contributed by atoms with Crippen LogP contribution in [0.5, 0.6) is 0 Å². The second-order valence-electron chi connectivity index (χ2n) is 5.30. The van der Waals surface area contributed by atoms with Crippen molar-refractivity contribution in [3.05, 3.63) is 75.0 Å². The van der Waals surface area contributed by atoms with E-state index in [0.29, 0.717) is 11.3 Å². The molecule has 2 aromatic carbocycles. The van der Waals surface area contributed by atoms with Crippen LogP contribution in [0.25, 0.3) is 11.0 Å². The van der Waals surface area contributed by atoms with Crippen LogP contribution >= 0.6 is 11.6 Å². The predicted molar refractivity (Wildman–Crippen MR) is 90.2 cm³/mol. The van der Waals surface area contributed by atoms with Crippen LogP contribution in [-0.2, 0) is 0 Å². The molecule has 1 atom stereocenters. The van der Waals surface area contributed by atoms with Crippen LogP contribution in [0.2, 0.25) is 5.02 Å². The maximum atomic E-state index is 12.4. The Kier molecular flexibility index (Phi) is 4.22. The lowest BCUT2D eigenvalue weighted by molar-refractivity contribution is -0.385. The molecule has 0 aliphatic rings. The molecule has 0 saturated carbocycles. The van der Waals surface area contributed by atoms with Crippen LogP contribution in [0, 0.1) is 10.1 Å². The summed E-state index contributed by atoms with van der Waals surface area (Å²) >= 11 is 5.85. The first-order valence-corrected chi connectivity index (χ1v) is 7.57. The first kappa shape index (κ1) is 16.0. The van der Waals surface area contributed by atoms with Gasteiger partial charge in [-0.25, -0.2) is 0 Å². The molecule has 0 bridgehead atoms. The van der Waals surface area contributed by atoms with Crippen molar-refractivity contribution in [1.82, 2.24) is 5.32 Å². The highest BCUT2D eigenvalue weighted by Gasteiger charge is 2.23. The maximum Gasteiger partial charge on any atom is 0.282 e. The number of fused-ring (bicyclic) bond motifs is 1. The smallest absolute Gasteiger partial charge is 0.282 e. The van der Waals surface area contributed by atoms with Crippen LogP contribution in [0.15, 0.2) is 52.9 Å². The molecule has 7 heteroatoms. The highest BCUT2D eigenvalue weighted by Crippen LogP contribution is 2.26. The van der Waals surface area contributed by atoms with Gasteiger partial charge in [-0.15, -0.1) is 0 Å². The van der Waals surface area contributed by atoms with E-state index in [1.807, 2.05) is 30.3 Å². The lowest BCUT2D eigenvalue weighted by Crippen LogP contribution is -2.27. The van der Waals surface area contributed by atoms with Gasteiger partial charge in [0.05, 0.1) is 11.0 Å². The van der Waals surface area contributed by atoms with Gasteiger partial charge in [0.25, 0.3) is 11.6 Å². The van der Waals surface area contributed by atoms with Crippen molar-refractivity contribution in [3.63, 3.8) is 0 Å². The largest absolute Gasteiger partial charge is 0.459 e. The molecule has 122 valence electrons. The average Bonchev–Trinajstić information content (AvgIpc) is 2.98. The van der Waals surface area contributed by atoms with Gasteiger partial charge >= 0.3 is 0 Å². The van der Waals surface area contributed by atoms with Gasteiger partial charge in [-0.05, 0) is 31.2 Å². The zero-order chi connectivity index (χ0) is 17.3. The fourth-order valence-corrected chi connectivity index (χ4v) is 2.58. The van der Waals surface area contributed by atoms with Gasteiger partial charge in [-0.1, -0.05) is 29.8 Å². The van der Waals surface area contributed by atoms with Crippen molar-refractivity contribution in [3.8, 4) is 0 Å². The minimum Gasteiger partial charge on any atom is -0.459 e. The number of furan rings is 1. The van der Waals surface area contributed by atoms with Gasteiger partial charge < -0.3 is 9.73 Å². The van der Waals surface area contributed by atoms with Gasteiger partial charge in [-0.2, -0.15) is 0 Å². The number of rotatable bonds is 4. The number of carbonyl (C=O) groups is 1. The van der Waals surface area contributed by atoms with E-state index in [9.17, 15) is 14.9 Å². The molecule has 0 aliphatic heterocycles. The van der Waals surface area contributed by atoms with Crippen LogP contribution in [0.3, 0.4) is 0 Å². The fraction of sp³-hybridized carbons (Fsp3) is 0.118. The summed E-state index contributed by atoms with van der Waals surface area (Å²) in [5, 5.41) is 14.9. The molecule has 1 aromatic heterocycles. The Morgan fingerprint density at radius 1 is 1.25 bits per heavy atom. The number of nitrogens with zero attached hydrogens (tertiary/aromatic N) is 1. The molecule has 0 aliphatic carbocycles. The molecule has 3 aromatic rings. The normalized spacial score (nSPS) is 12.1. The van der Waals surface area contributed by atoms with E-state index in [1.165, 1.54) is 18.2 Å². The van der Waals surface area contributed by atoms with Crippen molar-refractivity contribution in [2.45, 2.75) is 13.0 Å². The van der Waals surface area contributed by atoms with Gasteiger partial charge in [0.15, 0.2) is 0 Å². The second-order valence-corrected chi connectivity index (χ2v) is 5.74. The van der Waals surface area contributed by atoms with Gasteiger partial charge in [0, 0.05) is 16.5 Å². The summed E-state index contributed by atoms with van der Waals surface area (Å²) in [7, 11) is 0. The standard InChI is InChI=1S/C17H13ClN2O4/c1-10(16-8-11-4-2-3-5-15(11)24-16)19-17(21)13-9-12(18)6-7-14(13)20(22)23/h2-10H,1H3,(H,19,21). The number of nitro groups is 1. The first-order chi connectivity index (χ1) is 11.5. The Labute approximate surface area is 142 Å². The predicted octanol–water partition coefficient (Wildman–Crippen LogP) is 4.49. The number of nitro benzene ring substituents is 1. The fourth-order valence-electron chi connectivity index (χ4n) is 2.41. The molecule has 1 amide bonds. The molecule has 1 unspecified atom stereocenters. The third-order valence-electron chi connectivity index (χ3n) is 3.62. The lowest BCUT2D eigenvalue weighted by Gasteiger charge is -2.11. The molecule has 6 nitrogen and oxygen atoms in total. The van der Waals surface area contributed by atoms with Crippen molar-refractivity contribution in [2.24, 2.45) is 0 Å². The summed E-state index contributed by atoms with van der Waals surface area (Å²) in [6.07, 6.45) is 0. The van der Waals surface area contributed by atoms with E-state index in [4.69, 9.17) is 16.0 Å². The van der Waals surface area contributed by atoms with E-state index in [2.05, 4.69) is 5.32 Å². The number of nitrogens with one attached hydrogen (secondary N) is 1. The third kappa shape index (κ3) is 3.09. The monoisotopic (exact) mass is 344 g/mol. The van der Waals surface area contributed by atoms with E-state index in [1.54, 1.807) is 6.92 Å². The Hall–Kier alpha value is -2.86. The van der Waals surface area contributed by atoms with Crippen molar-refractivity contribution >= 4 is 34.2 Å². The Morgan fingerprint density at radius 3 is 2.71 bits per heavy atom. The molecular weight excluding hydrogens is 332 g/mol. The highest BCUT2D eigenvalue weighted by atomic mass is 35.5. The van der Waals surface area contributed by atoms with Crippen molar-refractivity contribution in [2.75, 3.05) is 0 Å². The Morgan fingerprint density at radius 2 is 2.00 bits per heavy atom. The number of halogens is 1. The van der Waals surface area contributed by atoms with E-state index in [-0.39, 0.29) is 16.3 Å². The van der Waals surface area contributed by atoms with Crippen LogP contribution in [0.4, 0.5) is 5.69 Å².